The van der Waals surface area contributed by atoms with Crippen molar-refractivity contribution in [3.8, 4) is 0 Å². The topological polar surface area (TPSA) is 35.6 Å². The standard InChI is InChI=1S/C27H28N2O.C4H9N/c30-27(26(21-9-3-1-4-10-21)22-11-5-2-6-12-22)29-18-15-23-19-25(14-13-24(23)20-29)28-16-7-8-17-28;1-2-4-5-3-1/h1-6,9-14,19,26H,7-8,15-18,20H2;5H,1-4H2. The summed E-state index contributed by atoms with van der Waals surface area (Å²) in [6, 6.07) is 27.2. The summed E-state index contributed by atoms with van der Waals surface area (Å²) in [5.74, 6) is -0.0560. The molecule has 3 aromatic rings. The maximum atomic E-state index is 13.7. The highest BCUT2D eigenvalue weighted by atomic mass is 16.2. The first-order chi connectivity index (χ1) is 17.3. The zero-order valence-corrected chi connectivity index (χ0v) is 20.7. The number of amides is 1. The summed E-state index contributed by atoms with van der Waals surface area (Å²) in [6.07, 6.45) is 6.29. The van der Waals surface area contributed by atoms with E-state index >= 15 is 0 Å². The number of hydrogen-bond donors (Lipinski definition) is 1. The Morgan fingerprint density at radius 2 is 1.34 bits per heavy atom. The van der Waals surface area contributed by atoms with Crippen LogP contribution in [0.4, 0.5) is 5.69 Å². The summed E-state index contributed by atoms with van der Waals surface area (Å²) in [5, 5.41) is 3.22. The van der Waals surface area contributed by atoms with Crippen LogP contribution in [0.15, 0.2) is 78.9 Å². The van der Waals surface area contributed by atoms with Gasteiger partial charge >= 0.3 is 0 Å². The monoisotopic (exact) mass is 467 g/mol. The van der Waals surface area contributed by atoms with Gasteiger partial charge in [0.1, 0.15) is 0 Å². The van der Waals surface area contributed by atoms with Crippen molar-refractivity contribution in [2.45, 2.75) is 44.6 Å². The van der Waals surface area contributed by atoms with E-state index in [1.54, 1.807) is 0 Å². The maximum absolute atomic E-state index is 13.7. The van der Waals surface area contributed by atoms with E-state index in [1.165, 1.54) is 68.7 Å². The molecule has 3 heterocycles. The van der Waals surface area contributed by atoms with E-state index in [-0.39, 0.29) is 11.8 Å². The predicted molar refractivity (Wildman–Crippen MR) is 144 cm³/mol. The van der Waals surface area contributed by atoms with E-state index in [0.717, 1.165) is 24.1 Å². The quantitative estimate of drug-likeness (QED) is 0.560. The Balaban J connectivity index is 0.000000453. The highest BCUT2D eigenvalue weighted by Crippen LogP contribution is 2.31. The Kier molecular flexibility index (Phi) is 7.79. The minimum absolute atomic E-state index is 0.196. The van der Waals surface area contributed by atoms with E-state index in [4.69, 9.17) is 0 Å². The Labute approximate surface area is 210 Å². The van der Waals surface area contributed by atoms with Gasteiger partial charge in [-0.25, -0.2) is 0 Å². The fraction of sp³-hybridized carbons (Fsp3) is 0.387. The van der Waals surface area contributed by atoms with Crippen LogP contribution in [0.1, 0.15) is 53.9 Å². The summed E-state index contributed by atoms with van der Waals surface area (Å²) in [7, 11) is 0. The Bertz CT molecular complexity index is 1040. The fourth-order valence-corrected chi connectivity index (χ4v) is 5.48. The Hall–Kier alpha value is -3.11. The van der Waals surface area contributed by atoms with E-state index in [0.29, 0.717) is 6.54 Å². The molecule has 1 N–H and O–H groups in total. The zero-order valence-electron chi connectivity index (χ0n) is 20.7. The minimum Gasteiger partial charge on any atom is -0.372 e. The van der Waals surface area contributed by atoms with Crippen LogP contribution in [0.3, 0.4) is 0 Å². The predicted octanol–water partition coefficient (Wildman–Crippen LogP) is 5.37. The van der Waals surface area contributed by atoms with Crippen LogP contribution in [0.25, 0.3) is 0 Å². The Morgan fingerprint density at radius 3 is 1.91 bits per heavy atom. The first-order valence-corrected chi connectivity index (χ1v) is 13.3. The number of hydrogen-bond acceptors (Lipinski definition) is 3. The third kappa shape index (κ3) is 5.76. The second-order valence-electron chi connectivity index (χ2n) is 9.87. The lowest BCUT2D eigenvalue weighted by Gasteiger charge is -2.33. The molecule has 35 heavy (non-hydrogen) atoms. The molecule has 3 aliphatic heterocycles. The molecule has 3 aliphatic rings. The van der Waals surface area contributed by atoms with Crippen LogP contribution < -0.4 is 10.2 Å². The molecule has 2 fully saturated rings. The number of nitrogens with zero attached hydrogens (tertiary/aromatic N) is 2. The number of rotatable bonds is 4. The third-order valence-corrected chi connectivity index (χ3v) is 7.45. The van der Waals surface area contributed by atoms with Crippen molar-refractivity contribution in [3.05, 3.63) is 101 Å². The minimum atomic E-state index is -0.252. The van der Waals surface area contributed by atoms with Crippen molar-refractivity contribution in [1.29, 1.82) is 0 Å². The number of nitrogens with one attached hydrogen (secondary N) is 1. The van der Waals surface area contributed by atoms with Crippen LogP contribution in [0.5, 0.6) is 0 Å². The lowest BCUT2D eigenvalue weighted by atomic mass is 9.89. The van der Waals surface area contributed by atoms with Gasteiger partial charge in [0.2, 0.25) is 5.91 Å². The van der Waals surface area contributed by atoms with Crippen LogP contribution in [0, 0.1) is 0 Å². The molecular weight excluding hydrogens is 430 g/mol. The average molecular weight is 468 g/mol. The van der Waals surface area contributed by atoms with E-state index in [2.05, 4.69) is 52.7 Å². The molecule has 1 amide bonds. The van der Waals surface area contributed by atoms with Crippen molar-refractivity contribution in [1.82, 2.24) is 10.2 Å². The van der Waals surface area contributed by atoms with Crippen LogP contribution in [0.2, 0.25) is 0 Å². The highest BCUT2D eigenvalue weighted by molar-refractivity contribution is 5.87. The molecule has 182 valence electrons. The summed E-state index contributed by atoms with van der Waals surface area (Å²) < 4.78 is 0. The second kappa shape index (κ2) is 11.5. The molecule has 0 spiro atoms. The second-order valence-corrected chi connectivity index (χ2v) is 9.87. The van der Waals surface area contributed by atoms with E-state index < -0.39 is 0 Å². The van der Waals surface area contributed by atoms with Crippen molar-refractivity contribution in [2.75, 3.05) is 37.6 Å². The number of carbonyl (C=O) groups is 1. The van der Waals surface area contributed by atoms with Crippen molar-refractivity contribution >= 4 is 11.6 Å². The lowest BCUT2D eigenvalue weighted by Crippen LogP contribution is -2.39. The molecule has 0 aliphatic carbocycles. The first-order valence-electron chi connectivity index (χ1n) is 13.3. The molecule has 6 rings (SSSR count). The summed E-state index contributed by atoms with van der Waals surface area (Å²) in [4.78, 5) is 18.2. The average Bonchev–Trinajstić information content (AvgIpc) is 3.67. The van der Waals surface area contributed by atoms with Gasteiger partial charge in [0.15, 0.2) is 0 Å². The molecule has 0 saturated carbocycles. The van der Waals surface area contributed by atoms with Gasteiger partial charge < -0.3 is 15.1 Å². The summed E-state index contributed by atoms with van der Waals surface area (Å²) >= 11 is 0. The van der Waals surface area contributed by atoms with Gasteiger partial charge in [-0.2, -0.15) is 0 Å². The first kappa shape index (κ1) is 23.6. The van der Waals surface area contributed by atoms with Gasteiger partial charge in [-0.3, -0.25) is 4.79 Å². The molecule has 0 unspecified atom stereocenters. The number of anilines is 1. The molecular formula is C31H37N3O. The molecule has 4 heteroatoms. The van der Waals surface area contributed by atoms with Gasteiger partial charge in [0, 0.05) is 31.9 Å². The van der Waals surface area contributed by atoms with E-state index in [9.17, 15) is 4.79 Å². The van der Waals surface area contributed by atoms with Crippen molar-refractivity contribution < 1.29 is 4.79 Å². The number of carbonyl (C=O) groups excluding carboxylic acids is 1. The summed E-state index contributed by atoms with van der Waals surface area (Å²) in [5.41, 5.74) is 6.15. The largest absolute Gasteiger partial charge is 0.372 e. The van der Waals surface area contributed by atoms with Crippen molar-refractivity contribution in [3.63, 3.8) is 0 Å². The van der Waals surface area contributed by atoms with Gasteiger partial charge in [-0.15, -0.1) is 0 Å². The smallest absolute Gasteiger partial charge is 0.234 e. The van der Waals surface area contributed by atoms with E-state index in [1.807, 2.05) is 41.3 Å². The van der Waals surface area contributed by atoms with Gasteiger partial charge in [-0.1, -0.05) is 66.7 Å². The summed E-state index contributed by atoms with van der Waals surface area (Å²) in [6.45, 7) is 6.31. The van der Waals surface area contributed by atoms with Crippen molar-refractivity contribution in [2.24, 2.45) is 0 Å². The maximum Gasteiger partial charge on any atom is 0.234 e. The number of fused-ring (bicyclic) bond motifs is 1. The lowest BCUT2D eigenvalue weighted by molar-refractivity contribution is -0.132. The number of benzene rings is 3. The van der Waals surface area contributed by atoms with Crippen LogP contribution in [-0.2, 0) is 17.8 Å². The van der Waals surface area contributed by atoms with Gasteiger partial charge in [0.25, 0.3) is 0 Å². The molecule has 0 atom stereocenters. The van der Waals surface area contributed by atoms with Gasteiger partial charge in [-0.05, 0) is 79.6 Å². The molecule has 4 nitrogen and oxygen atoms in total. The normalized spacial score (nSPS) is 17.2. The highest BCUT2D eigenvalue weighted by Gasteiger charge is 2.30. The van der Waals surface area contributed by atoms with Gasteiger partial charge in [0.05, 0.1) is 5.92 Å². The Morgan fingerprint density at radius 1 is 0.714 bits per heavy atom. The zero-order chi connectivity index (χ0) is 23.9. The fourth-order valence-electron chi connectivity index (χ4n) is 5.48. The molecule has 0 radical (unpaired) electrons. The van der Waals surface area contributed by atoms with Crippen LogP contribution >= 0.6 is 0 Å². The SMILES string of the molecule is C1CCNC1.O=C(C(c1ccccc1)c1ccccc1)N1CCc2cc(N3CCCC3)ccc2C1. The molecule has 3 aromatic carbocycles. The van der Waals surface area contributed by atoms with Crippen LogP contribution in [-0.4, -0.2) is 43.5 Å². The molecule has 0 aromatic heterocycles. The molecule has 2 saturated heterocycles. The molecule has 0 bridgehead atoms. The third-order valence-electron chi connectivity index (χ3n) is 7.45.